The highest BCUT2D eigenvalue weighted by molar-refractivity contribution is 6.04. The summed E-state index contributed by atoms with van der Waals surface area (Å²) in [5.41, 5.74) is 2.92. The van der Waals surface area contributed by atoms with E-state index in [4.69, 9.17) is 0 Å². The molecule has 1 unspecified atom stereocenters. The van der Waals surface area contributed by atoms with E-state index in [9.17, 15) is 14.4 Å². The van der Waals surface area contributed by atoms with E-state index in [0.29, 0.717) is 24.9 Å². The predicted molar refractivity (Wildman–Crippen MR) is 110 cm³/mol. The molecule has 1 heterocycles. The first-order valence-electron chi connectivity index (χ1n) is 9.43. The minimum Gasteiger partial charge on any atom is -0.323 e. The third kappa shape index (κ3) is 4.19. The van der Waals surface area contributed by atoms with Gasteiger partial charge in [-0.05, 0) is 49.1 Å². The Bertz CT molecular complexity index is 931. The largest absolute Gasteiger partial charge is 0.323 e. The second-order valence-electron chi connectivity index (χ2n) is 7.13. The quantitative estimate of drug-likeness (QED) is 0.617. The van der Waals surface area contributed by atoms with Gasteiger partial charge in [0.05, 0.1) is 5.41 Å². The first-order valence-corrected chi connectivity index (χ1v) is 9.43. The van der Waals surface area contributed by atoms with E-state index < -0.39 is 5.41 Å². The molecule has 3 amide bonds. The molecule has 0 radical (unpaired) electrons. The molecule has 1 atom stereocenters. The van der Waals surface area contributed by atoms with Crippen LogP contribution >= 0.6 is 0 Å². The molecule has 1 aliphatic rings. The van der Waals surface area contributed by atoms with Gasteiger partial charge < -0.3 is 5.32 Å². The highest BCUT2D eigenvalue weighted by Crippen LogP contribution is 2.36. The molecular formula is C23H24N2O3. The maximum absolute atomic E-state index is 12.5. The molecule has 3 rings (SSSR count). The highest BCUT2D eigenvalue weighted by atomic mass is 16.2. The van der Waals surface area contributed by atoms with Crippen LogP contribution in [0.2, 0.25) is 0 Å². The minimum absolute atomic E-state index is 0.222. The molecule has 2 N–H and O–H groups in total. The molecule has 0 aliphatic carbocycles. The van der Waals surface area contributed by atoms with Gasteiger partial charge in [0, 0.05) is 18.2 Å². The number of carbonyl (C=O) groups is 3. The van der Waals surface area contributed by atoms with Gasteiger partial charge in [-0.3, -0.25) is 19.7 Å². The predicted octanol–water partition coefficient (Wildman–Crippen LogP) is 3.73. The molecule has 0 aromatic heterocycles. The van der Waals surface area contributed by atoms with Gasteiger partial charge in [0.2, 0.25) is 17.7 Å². The fourth-order valence-corrected chi connectivity index (χ4v) is 3.57. The summed E-state index contributed by atoms with van der Waals surface area (Å²) in [6.45, 7) is 3.95. The van der Waals surface area contributed by atoms with Gasteiger partial charge in [0.25, 0.3) is 0 Å². The van der Waals surface area contributed by atoms with Crippen LogP contribution in [0, 0.1) is 6.92 Å². The van der Waals surface area contributed by atoms with Crippen LogP contribution in [0.1, 0.15) is 42.9 Å². The summed E-state index contributed by atoms with van der Waals surface area (Å²) in [6, 6.07) is 15.2. The zero-order chi connectivity index (χ0) is 20.1. The van der Waals surface area contributed by atoms with Gasteiger partial charge in [-0.2, -0.15) is 0 Å². The van der Waals surface area contributed by atoms with Crippen molar-refractivity contribution < 1.29 is 14.4 Å². The number of piperidine rings is 1. The summed E-state index contributed by atoms with van der Waals surface area (Å²) in [4.78, 5) is 36.1. The van der Waals surface area contributed by atoms with Gasteiger partial charge in [0.1, 0.15) is 0 Å². The Morgan fingerprint density at radius 3 is 2.57 bits per heavy atom. The summed E-state index contributed by atoms with van der Waals surface area (Å²) in [6.07, 6.45) is 4.71. The Balaban J connectivity index is 1.69. The third-order valence-electron chi connectivity index (χ3n) is 5.24. The molecule has 1 fully saturated rings. The van der Waals surface area contributed by atoms with Gasteiger partial charge >= 0.3 is 0 Å². The standard InChI is InChI=1S/C23H24N2O3/c1-3-23(14-13-21(27)25-22(23)28)18-8-10-19(11-9-18)24-20(26)12-7-17-6-4-5-16(2)15-17/h4-12,15H,3,13-14H2,1-2H3,(H,24,26)(H,25,27,28). The monoisotopic (exact) mass is 376 g/mol. The average molecular weight is 376 g/mol. The summed E-state index contributed by atoms with van der Waals surface area (Å²) >= 11 is 0. The fourth-order valence-electron chi connectivity index (χ4n) is 3.57. The molecule has 0 saturated carbocycles. The van der Waals surface area contributed by atoms with E-state index in [1.807, 2.05) is 50.2 Å². The van der Waals surface area contributed by atoms with Crippen molar-refractivity contribution in [1.29, 1.82) is 0 Å². The Kier molecular flexibility index (Phi) is 5.73. The Morgan fingerprint density at radius 2 is 1.93 bits per heavy atom. The molecular weight excluding hydrogens is 352 g/mol. The number of aryl methyl sites for hydroxylation is 1. The third-order valence-corrected chi connectivity index (χ3v) is 5.24. The maximum Gasteiger partial charge on any atom is 0.248 e. The van der Waals surface area contributed by atoms with Gasteiger partial charge in [-0.25, -0.2) is 0 Å². The number of hydrogen-bond acceptors (Lipinski definition) is 3. The SMILES string of the molecule is CCC1(c2ccc(NC(=O)C=Cc3cccc(C)c3)cc2)CCC(=O)NC1=O. The molecule has 1 saturated heterocycles. The normalized spacial score (nSPS) is 19.5. The van der Waals surface area contributed by atoms with E-state index in [-0.39, 0.29) is 17.7 Å². The van der Waals surface area contributed by atoms with Crippen molar-refractivity contribution in [2.45, 2.75) is 38.5 Å². The van der Waals surface area contributed by atoms with Crippen LogP contribution < -0.4 is 10.6 Å². The van der Waals surface area contributed by atoms with Crippen LogP contribution in [-0.2, 0) is 19.8 Å². The van der Waals surface area contributed by atoms with Crippen LogP contribution in [0.5, 0.6) is 0 Å². The zero-order valence-electron chi connectivity index (χ0n) is 16.1. The Morgan fingerprint density at radius 1 is 1.18 bits per heavy atom. The molecule has 1 aliphatic heterocycles. The van der Waals surface area contributed by atoms with Crippen LogP contribution in [0.25, 0.3) is 6.08 Å². The van der Waals surface area contributed by atoms with Crippen molar-refractivity contribution in [3.8, 4) is 0 Å². The van der Waals surface area contributed by atoms with Crippen molar-refractivity contribution in [2.24, 2.45) is 0 Å². The summed E-state index contributed by atoms with van der Waals surface area (Å²) in [7, 11) is 0. The lowest BCUT2D eigenvalue weighted by atomic mass is 9.72. The van der Waals surface area contributed by atoms with Gasteiger partial charge in [-0.15, -0.1) is 0 Å². The molecule has 5 nitrogen and oxygen atoms in total. The molecule has 28 heavy (non-hydrogen) atoms. The van der Waals surface area contributed by atoms with Gasteiger partial charge in [0.15, 0.2) is 0 Å². The number of amides is 3. The van der Waals surface area contributed by atoms with Crippen LogP contribution in [0.3, 0.4) is 0 Å². The second-order valence-corrected chi connectivity index (χ2v) is 7.13. The topological polar surface area (TPSA) is 75.3 Å². The number of nitrogens with one attached hydrogen (secondary N) is 2. The van der Waals surface area contributed by atoms with Crippen molar-refractivity contribution >= 4 is 29.5 Å². The number of anilines is 1. The van der Waals surface area contributed by atoms with Gasteiger partial charge in [-0.1, -0.05) is 48.9 Å². The number of imide groups is 1. The van der Waals surface area contributed by atoms with E-state index in [2.05, 4.69) is 10.6 Å². The molecule has 0 bridgehead atoms. The zero-order valence-corrected chi connectivity index (χ0v) is 16.1. The Hall–Kier alpha value is -3.21. The van der Waals surface area contributed by atoms with E-state index >= 15 is 0 Å². The molecule has 5 heteroatoms. The maximum atomic E-state index is 12.5. The lowest BCUT2D eigenvalue weighted by molar-refractivity contribution is -0.138. The number of rotatable bonds is 5. The van der Waals surface area contributed by atoms with Crippen LogP contribution in [0.4, 0.5) is 5.69 Å². The fraction of sp³-hybridized carbons (Fsp3) is 0.261. The highest BCUT2D eigenvalue weighted by Gasteiger charge is 2.42. The van der Waals surface area contributed by atoms with E-state index in [0.717, 1.165) is 16.7 Å². The first-order chi connectivity index (χ1) is 13.4. The second kappa shape index (κ2) is 8.21. The van der Waals surface area contributed by atoms with Crippen molar-refractivity contribution in [1.82, 2.24) is 5.32 Å². The molecule has 2 aromatic rings. The van der Waals surface area contributed by atoms with E-state index in [1.54, 1.807) is 18.2 Å². The summed E-state index contributed by atoms with van der Waals surface area (Å²) in [5.74, 6) is -0.692. The number of benzene rings is 2. The van der Waals surface area contributed by atoms with Crippen molar-refractivity contribution in [3.05, 3.63) is 71.3 Å². The minimum atomic E-state index is -0.693. The summed E-state index contributed by atoms with van der Waals surface area (Å²) in [5, 5.41) is 5.27. The van der Waals surface area contributed by atoms with Crippen molar-refractivity contribution in [3.63, 3.8) is 0 Å². The van der Waals surface area contributed by atoms with E-state index in [1.165, 1.54) is 6.08 Å². The molecule has 144 valence electrons. The average Bonchev–Trinajstić information content (AvgIpc) is 2.68. The molecule has 0 spiro atoms. The van der Waals surface area contributed by atoms with Crippen LogP contribution in [-0.4, -0.2) is 17.7 Å². The lowest BCUT2D eigenvalue weighted by Crippen LogP contribution is -2.51. The lowest BCUT2D eigenvalue weighted by Gasteiger charge is -2.35. The first kappa shape index (κ1) is 19.5. The molecule has 2 aromatic carbocycles. The number of carbonyl (C=O) groups excluding carboxylic acids is 3. The summed E-state index contributed by atoms with van der Waals surface area (Å²) < 4.78 is 0. The van der Waals surface area contributed by atoms with Crippen molar-refractivity contribution in [2.75, 3.05) is 5.32 Å². The Labute approximate surface area is 164 Å². The smallest absolute Gasteiger partial charge is 0.248 e. The number of hydrogen-bond donors (Lipinski definition) is 2. The van der Waals surface area contributed by atoms with Crippen LogP contribution in [0.15, 0.2) is 54.6 Å².